The zero-order valence-electron chi connectivity index (χ0n) is 10.0. The fourth-order valence-corrected chi connectivity index (χ4v) is 3.26. The molecule has 0 fully saturated rings. The smallest absolute Gasteiger partial charge is 0.211 e. The first kappa shape index (κ1) is 13.4. The standard InChI is InChI=1S/C11H15N3O2S2/c1-12-18(15,16)8-4-7-17-11-13-9-5-2-3-6-10(9)14-11/h2-3,5-6,12H,4,7-8H2,1H3,(H,13,14). The van der Waals surface area contributed by atoms with E-state index in [2.05, 4.69) is 14.7 Å². The Morgan fingerprint density at radius 3 is 2.89 bits per heavy atom. The third kappa shape index (κ3) is 3.47. The van der Waals surface area contributed by atoms with Crippen LogP contribution in [0.15, 0.2) is 29.4 Å². The number of imidazole rings is 1. The van der Waals surface area contributed by atoms with Crippen LogP contribution in [-0.2, 0) is 10.0 Å². The van der Waals surface area contributed by atoms with Gasteiger partial charge in [0.05, 0.1) is 16.8 Å². The van der Waals surface area contributed by atoms with Gasteiger partial charge in [-0.2, -0.15) is 0 Å². The summed E-state index contributed by atoms with van der Waals surface area (Å²) in [5.74, 6) is 0.872. The normalized spacial score (nSPS) is 12.1. The van der Waals surface area contributed by atoms with Gasteiger partial charge in [0, 0.05) is 5.75 Å². The van der Waals surface area contributed by atoms with E-state index in [-0.39, 0.29) is 5.75 Å². The molecule has 0 amide bonds. The van der Waals surface area contributed by atoms with Gasteiger partial charge < -0.3 is 4.98 Å². The van der Waals surface area contributed by atoms with E-state index in [9.17, 15) is 8.42 Å². The number of para-hydroxylation sites is 2. The minimum absolute atomic E-state index is 0.150. The third-order valence-electron chi connectivity index (χ3n) is 2.47. The number of nitrogens with zero attached hydrogens (tertiary/aromatic N) is 1. The first-order valence-corrected chi connectivity index (χ1v) is 8.23. The topological polar surface area (TPSA) is 74.8 Å². The van der Waals surface area contributed by atoms with Crippen molar-refractivity contribution in [2.75, 3.05) is 18.6 Å². The molecule has 0 saturated carbocycles. The third-order valence-corrected chi connectivity index (χ3v) is 4.88. The highest BCUT2D eigenvalue weighted by Gasteiger charge is 2.07. The summed E-state index contributed by atoms with van der Waals surface area (Å²) < 4.78 is 24.7. The lowest BCUT2D eigenvalue weighted by molar-refractivity contribution is 0.587. The number of nitrogens with one attached hydrogen (secondary N) is 2. The zero-order valence-corrected chi connectivity index (χ0v) is 11.6. The molecular weight excluding hydrogens is 270 g/mol. The lowest BCUT2D eigenvalue weighted by Crippen LogP contribution is -2.22. The Balaban J connectivity index is 1.87. The van der Waals surface area contributed by atoms with Gasteiger partial charge in [0.2, 0.25) is 10.0 Å². The van der Waals surface area contributed by atoms with Crippen molar-refractivity contribution < 1.29 is 8.42 Å². The van der Waals surface area contributed by atoms with Crippen LogP contribution in [0.1, 0.15) is 6.42 Å². The van der Waals surface area contributed by atoms with Gasteiger partial charge in [-0.15, -0.1) is 0 Å². The van der Waals surface area contributed by atoms with E-state index < -0.39 is 10.0 Å². The Hall–Kier alpha value is -1.05. The van der Waals surface area contributed by atoms with Crippen molar-refractivity contribution in [2.45, 2.75) is 11.6 Å². The number of H-pyrrole nitrogens is 1. The molecule has 2 rings (SSSR count). The van der Waals surface area contributed by atoms with Gasteiger partial charge in [0.1, 0.15) is 0 Å². The van der Waals surface area contributed by atoms with Gasteiger partial charge in [-0.1, -0.05) is 23.9 Å². The molecule has 0 saturated heterocycles. The summed E-state index contributed by atoms with van der Waals surface area (Å²) in [6, 6.07) is 7.81. The molecule has 18 heavy (non-hydrogen) atoms. The van der Waals surface area contributed by atoms with Crippen LogP contribution in [0.4, 0.5) is 0 Å². The van der Waals surface area contributed by atoms with Gasteiger partial charge in [0.15, 0.2) is 5.16 Å². The van der Waals surface area contributed by atoms with Crippen LogP contribution in [0.25, 0.3) is 11.0 Å². The molecule has 1 heterocycles. The van der Waals surface area contributed by atoms with E-state index in [1.165, 1.54) is 18.8 Å². The SMILES string of the molecule is CNS(=O)(=O)CCCSc1nc2ccccc2[nH]1. The second-order valence-corrected chi connectivity index (χ2v) is 6.91. The predicted octanol–water partition coefficient (Wildman–Crippen LogP) is 1.59. The number of aromatic amines is 1. The maximum Gasteiger partial charge on any atom is 0.211 e. The second kappa shape index (κ2) is 5.73. The second-order valence-electron chi connectivity index (χ2n) is 3.78. The van der Waals surface area contributed by atoms with Crippen LogP contribution in [0.5, 0.6) is 0 Å². The van der Waals surface area contributed by atoms with E-state index in [1.54, 1.807) is 0 Å². The van der Waals surface area contributed by atoms with Crippen LogP contribution in [0.2, 0.25) is 0 Å². The zero-order chi connectivity index (χ0) is 13.0. The molecule has 0 aliphatic rings. The number of thioether (sulfide) groups is 1. The average Bonchev–Trinajstić information content (AvgIpc) is 2.77. The molecule has 1 aromatic carbocycles. The number of aromatic nitrogens is 2. The van der Waals surface area contributed by atoms with E-state index in [4.69, 9.17) is 0 Å². The molecule has 2 aromatic rings. The molecule has 5 nitrogen and oxygen atoms in total. The maximum absolute atomic E-state index is 11.2. The number of fused-ring (bicyclic) bond motifs is 1. The summed E-state index contributed by atoms with van der Waals surface area (Å²) >= 11 is 1.54. The van der Waals surface area contributed by atoms with Crippen LogP contribution in [-0.4, -0.2) is 36.9 Å². The highest BCUT2D eigenvalue weighted by atomic mass is 32.2. The quantitative estimate of drug-likeness (QED) is 0.624. The fourth-order valence-electron chi connectivity index (χ4n) is 1.52. The van der Waals surface area contributed by atoms with Crippen LogP contribution >= 0.6 is 11.8 Å². The molecule has 98 valence electrons. The van der Waals surface area contributed by atoms with Gasteiger partial charge in [-0.05, 0) is 25.6 Å². The number of sulfonamides is 1. The monoisotopic (exact) mass is 285 g/mol. The van der Waals surface area contributed by atoms with Crippen LogP contribution in [0.3, 0.4) is 0 Å². The Labute approximate surface area is 110 Å². The van der Waals surface area contributed by atoms with Crippen molar-refractivity contribution >= 4 is 32.8 Å². The Kier molecular flexibility index (Phi) is 4.26. The van der Waals surface area contributed by atoms with Crippen molar-refractivity contribution in [1.29, 1.82) is 0 Å². The summed E-state index contributed by atoms with van der Waals surface area (Å²) in [6.07, 6.45) is 0.602. The lowest BCUT2D eigenvalue weighted by Gasteiger charge is -2.00. The minimum Gasteiger partial charge on any atom is -0.333 e. The average molecular weight is 285 g/mol. The number of hydrogen-bond donors (Lipinski definition) is 2. The predicted molar refractivity (Wildman–Crippen MR) is 74.3 cm³/mol. The molecule has 0 aliphatic carbocycles. The van der Waals surface area contributed by atoms with Gasteiger partial charge in [0.25, 0.3) is 0 Å². The number of hydrogen-bond acceptors (Lipinski definition) is 4. The molecule has 0 bridgehead atoms. The van der Waals surface area contributed by atoms with Crippen molar-refractivity contribution in [2.24, 2.45) is 0 Å². The molecule has 0 unspecified atom stereocenters. The molecule has 0 aliphatic heterocycles. The first-order valence-electron chi connectivity index (χ1n) is 5.59. The van der Waals surface area contributed by atoms with Crippen LogP contribution < -0.4 is 4.72 Å². The summed E-state index contributed by atoms with van der Waals surface area (Å²) in [7, 11) is -1.66. The van der Waals surface area contributed by atoms with Crippen molar-refractivity contribution in [3.05, 3.63) is 24.3 Å². The van der Waals surface area contributed by atoms with Crippen molar-refractivity contribution in [3.63, 3.8) is 0 Å². The van der Waals surface area contributed by atoms with E-state index in [0.29, 0.717) is 6.42 Å². The Morgan fingerprint density at radius 2 is 2.17 bits per heavy atom. The summed E-state index contributed by atoms with van der Waals surface area (Å²) in [6.45, 7) is 0. The minimum atomic E-state index is -3.09. The first-order chi connectivity index (χ1) is 8.61. The molecule has 1 aromatic heterocycles. The van der Waals surface area contributed by atoms with Crippen LogP contribution in [0, 0.1) is 0 Å². The summed E-state index contributed by atoms with van der Waals surface area (Å²) in [4.78, 5) is 7.60. The van der Waals surface area contributed by atoms with Gasteiger partial charge in [-0.3, -0.25) is 0 Å². The molecule has 0 spiro atoms. The highest BCUT2D eigenvalue weighted by molar-refractivity contribution is 7.99. The molecule has 0 atom stereocenters. The molecule has 2 N–H and O–H groups in total. The van der Waals surface area contributed by atoms with E-state index in [0.717, 1.165) is 21.9 Å². The number of benzene rings is 1. The van der Waals surface area contributed by atoms with Gasteiger partial charge in [-0.25, -0.2) is 18.1 Å². The number of rotatable bonds is 6. The van der Waals surface area contributed by atoms with Gasteiger partial charge >= 0.3 is 0 Å². The van der Waals surface area contributed by atoms with E-state index in [1.807, 2.05) is 24.3 Å². The van der Waals surface area contributed by atoms with Crippen molar-refractivity contribution in [3.8, 4) is 0 Å². The summed E-state index contributed by atoms with van der Waals surface area (Å²) in [5, 5.41) is 0.832. The van der Waals surface area contributed by atoms with Crippen molar-refractivity contribution in [1.82, 2.24) is 14.7 Å². The maximum atomic E-state index is 11.2. The lowest BCUT2D eigenvalue weighted by atomic mass is 10.3. The molecule has 7 heteroatoms. The fraction of sp³-hybridized carbons (Fsp3) is 0.364. The molecular formula is C11H15N3O2S2. The Bertz CT molecular complexity index is 589. The summed E-state index contributed by atoms with van der Waals surface area (Å²) in [5.41, 5.74) is 1.94. The largest absolute Gasteiger partial charge is 0.333 e. The molecule has 0 radical (unpaired) electrons. The van der Waals surface area contributed by atoms with E-state index >= 15 is 0 Å². The Morgan fingerprint density at radius 1 is 1.39 bits per heavy atom. The highest BCUT2D eigenvalue weighted by Crippen LogP contribution is 2.19.